The van der Waals surface area contributed by atoms with Crippen LogP contribution < -0.4 is 11.1 Å². The minimum absolute atomic E-state index is 0.309. The summed E-state index contributed by atoms with van der Waals surface area (Å²) in [4.78, 5) is 8.67. The molecule has 1 saturated carbocycles. The molecule has 15 heavy (non-hydrogen) atoms. The molecule has 1 aliphatic carbocycles. The number of aromatic nitrogens is 2. The maximum absolute atomic E-state index is 5.50. The van der Waals surface area contributed by atoms with Gasteiger partial charge in [0.1, 0.15) is 10.7 Å². The normalized spacial score (nSPS) is 23.5. The van der Waals surface area contributed by atoms with Gasteiger partial charge < -0.3 is 11.1 Å². The van der Waals surface area contributed by atoms with Crippen LogP contribution in [0.25, 0.3) is 0 Å². The summed E-state index contributed by atoms with van der Waals surface area (Å²) in [6, 6.07) is 2.24. The Kier molecular flexibility index (Phi) is 2.81. The first-order valence-corrected chi connectivity index (χ1v) is 5.51. The summed E-state index contributed by atoms with van der Waals surface area (Å²) in [5, 5.41) is 3.27. The standard InChI is InChI=1S/C10H14N4S/c1-2-6-5-8(6)14-10-12-4-3-7(13-10)9(11)15/h3-4,6,8H,2,5H2,1H3,(H2,11,15)(H,12,13,14). The van der Waals surface area contributed by atoms with Gasteiger partial charge in [-0.05, 0) is 18.4 Å². The third-order valence-electron chi connectivity index (χ3n) is 2.67. The Bertz CT molecular complexity index is 379. The lowest BCUT2D eigenvalue weighted by Gasteiger charge is -2.04. The highest BCUT2D eigenvalue weighted by Crippen LogP contribution is 2.35. The second-order valence-electron chi connectivity index (χ2n) is 3.78. The lowest BCUT2D eigenvalue weighted by atomic mass is 10.3. The number of nitrogens with zero attached hydrogens (tertiary/aromatic N) is 2. The quantitative estimate of drug-likeness (QED) is 0.752. The Morgan fingerprint density at radius 1 is 1.73 bits per heavy atom. The number of hydrogen-bond donors (Lipinski definition) is 2. The minimum Gasteiger partial charge on any atom is -0.388 e. The number of nitrogens with two attached hydrogens (primary N) is 1. The van der Waals surface area contributed by atoms with Gasteiger partial charge in [-0.3, -0.25) is 0 Å². The summed E-state index contributed by atoms with van der Waals surface area (Å²) in [5.41, 5.74) is 6.12. The first-order chi connectivity index (χ1) is 7.20. The van der Waals surface area contributed by atoms with Crippen LogP contribution in [0.5, 0.6) is 0 Å². The van der Waals surface area contributed by atoms with E-state index in [0.29, 0.717) is 22.7 Å². The van der Waals surface area contributed by atoms with E-state index in [1.165, 1.54) is 12.8 Å². The molecule has 1 fully saturated rings. The monoisotopic (exact) mass is 222 g/mol. The van der Waals surface area contributed by atoms with Gasteiger partial charge in [0.2, 0.25) is 5.95 Å². The zero-order chi connectivity index (χ0) is 10.8. The van der Waals surface area contributed by atoms with Crippen LogP contribution in [0.3, 0.4) is 0 Å². The van der Waals surface area contributed by atoms with Gasteiger partial charge in [0.15, 0.2) is 0 Å². The third-order valence-corrected chi connectivity index (χ3v) is 2.88. The Labute approximate surface area is 94.3 Å². The first kappa shape index (κ1) is 10.3. The molecule has 0 aromatic carbocycles. The predicted molar refractivity (Wildman–Crippen MR) is 63.7 cm³/mol. The number of nitrogens with one attached hydrogen (secondary N) is 1. The zero-order valence-electron chi connectivity index (χ0n) is 8.60. The molecule has 2 atom stereocenters. The van der Waals surface area contributed by atoms with Gasteiger partial charge in [-0.25, -0.2) is 9.97 Å². The van der Waals surface area contributed by atoms with Crippen molar-refractivity contribution >= 4 is 23.2 Å². The first-order valence-electron chi connectivity index (χ1n) is 5.10. The van der Waals surface area contributed by atoms with E-state index < -0.39 is 0 Å². The van der Waals surface area contributed by atoms with E-state index in [1.54, 1.807) is 12.3 Å². The van der Waals surface area contributed by atoms with Crippen LogP contribution in [0.15, 0.2) is 12.3 Å². The number of rotatable bonds is 4. The number of hydrogen-bond acceptors (Lipinski definition) is 4. The highest BCUT2D eigenvalue weighted by molar-refractivity contribution is 7.80. The van der Waals surface area contributed by atoms with Gasteiger partial charge in [-0.2, -0.15) is 0 Å². The Balaban J connectivity index is 2.03. The van der Waals surface area contributed by atoms with Crippen LogP contribution in [0, 0.1) is 5.92 Å². The molecule has 3 N–H and O–H groups in total. The van der Waals surface area contributed by atoms with Crippen molar-refractivity contribution < 1.29 is 0 Å². The van der Waals surface area contributed by atoms with Gasteiger partial charge in [0, 0.05) is 12.2 Å². The summed E-state index contributed by atoms with van der Waals surface area (Å²) in [6.07, 6.45) is 4.08. The molecule has 80 valence electrons. The van der Waals surface area contributed by atoms with Crippen molar-refractivity contribution in [3.05, 3.63) is 18.0 Å². The molecule has 1 aromatic heterocycles. The smallest absolute Gasteiger partial charge is 0.223 e. The number of anilines is 1. The molecule has 1 aliphatic rings. The summed E-state index contributed by atoms with van der Waals surface area (Å²) < 4.78 is 0. The fourth-order valence-corrected chi connectivity index (χ4v) is 1.72. The van der Waals surface area contributed by atoms with E-state index in [9.17, 15) is 0 Å². The fourth-order valence-electron chi connectivity index (χ4n) is 1.61. The Morgan fingerprint density at radius 3 is 3.13 bits per heavy atom. The number of thiocarbonyl (C=S) groups is 1. The Hall–Kier alpha value is -1.23. The molecule has 1 heterocycles. The zero-order valence-corrected chi connectivity index (χ0v) is 9.42. The highest BCUT2D eigenvalue weighted by Gasteiger charge is 2.35. The van der Waals surface area contributed by atoms with Crippen molar-refractivity contribution in [3.8, 4) is 0 Å². The van der Waals surface area contributed by atoms with Crippen molar-refractivity contribution in [2.45, 2.75) is 25.8 Å². The predicted octanol–water partition coefficient (Wildman–Crippen LogP) is 1.32. The largest absolute Gasteiger partial charge is 0.388 e. The topological polar surface area (TPSA) is 63.8 Å². The van der Waals surface area contributed by atoms with Gasteiger partial charge in [-0.15, -0.1) is 0 Å². The molecule has 5 heteroatoms. The molecule has 0 amide bonds. The average molecular weight is 222 g/mol. The molecule has 2 rings (SSSR count). The van der Waals surface area contributed by atoms with E-state index in [4.69, 9.17) is 18.0 Å². The van der Waals surface area contributed by atoms with E-state index >= 15 is 0 Å². The van der Waals surface area contributed by atoms with E-state index in [-0.39, 0.29) is 0 Å². The molecule has 0 bridgehead atoms. The van der Waals surface area contributed by atoms with E-state index in [1.807, 2.05) is 0 Å². The minimum atomic E-state index is 0.309. The molecule has 0 saturated heterocycles. The molecule has 1 aromatic rings. The molecule has 2 unspecified atom stereocenters. The van der Waals surface area contributed by atoms with E-state index in [0.717, 1.165) is 5.92 Å². The van der Waals surface area contributed by atoms with Crippen molar-refractivity contribution in [1.29, 1.82) is 0 Å². The van der Waals surface area contributed by atoms with Crippen molar-refractivity contribution in [3.63, 3.8) is 0 Å². The summed E-state index contributed by atoms with van der Waals surface area (Å²) in [7, 11) is 0. The third kappa shape index (κ3) is 2.41. The van der Waals surface area contributed by atoms with Gasteiger partial charge in [0.05, 0.1) is 0 Å². The maximum atomic E-state index is 5.50. The summed E-state index contributed by atoms with van der Waals surface area (Å²) in [5.74, 6) is 1.39. The molecule has 0 aliphatic heterocycles. The van der Waals surface area contributed by atoms with Gasteiger partial charge >= 0.3 is 0 Å². The SMILES string of the molecule is CCC1CC1Nc1nccc(C(N)=S)n1. The van der Waals surface area contributed by atoms with Gasteiger partial charge in [-0.1, -0.05) is 25.6 Å². The molecular formula is C10H14N4S. The van der Waals surface area contributed by atoms with Crippen LogP contribution >= 0.6 is 12.2 Å². The Morgan fingerprint density at radius 2 is 2.53 bits per heavy atom. The fraction of sp³-hybridized carbons (Fsp3) is 0.500. The van der Waals surface area contributed by atoms with Crippen LogP contribution in [0.4, 0.5) is 5.95 Å². The van der Waals surface area contributed by atoms with Crippen LogP contribution in [-0.2, 0) is 0 Å². The second-order valence-corrected chi connectivity index (χ2v) is 4.22. The summed E-state index contributed by atoms with van der Waals surface area (Å²) >= 11 is 4.86. The van der Waals surface area contributed by atoms with Gasteiger partial charge in [0.25, 0.3) is 0 Å². The maximum Gasteiger partial charge on any atom is 0.223 e. The average Bonchev–Trinajstić information content (AvgIpc) is 2.97. The molecule has 4 nitrogen and oxygen atoms in total. The van der Waals surface area contributed by atoms with Crippen LogP contribution in [0.2, 0.25) is 0 Å². The highest BCUT2D eigenvalue weighted by atomic mass is 32.1. The molecular weight excluding hydrogens is 208 g/mol. The van der Waals surface area contributed by atoms with Crippen molar-refractivity contribution in [1.82, 2.24) is 9.97 Å². The van der Waals surface area contributed by atoms with Crippen LogP contribution in [-0.4, -0.2) is 21.0 Å². The van der Waals surface area contributed by atoms with Crippen molar-refractivity contribution in [2.75, 3.05) is 5.32 Å². The van der Waals surface area contributed by atoms with E-state index in [2.05, 4.69) is 22.2 Å². The lowest BCUT2D eigenvalue weighted by Crippen LogP contribution is -2.14. The molecule has 0 radical (unpaired) electrons. The van der Waals surface area contributed by atoms with Crippen LogP contribution in [0.1, 0.15) is 25.5 Å². The second kappa shape index (κ2) is 4.10. The lowest BCUT2D eigenvalue weighted by molar-refractivity contribution is 0.771. The summed E-state index contributed by atoms with van der Waals surface area (Å²) in [6.45, 7) is 2.19. The van der Waals surface area contributed by atoms with Crippen molar-refractivity contribution in [2.24, 2.45) is 11.7 Å². The molecule has 0 spiro atoms.